The summed E-state index contributed by atoms with van der Waals surface area (Å²) in [4.78, 5) is 7.62. The summed E-state index contributed by atoms with van der Waals surface area (Å²) in [7, 11) is 0. The summed E-state index contributed by atoms with van der Waals surface area (Å²) in [6.45, 7) is 2.21. The maximum absolute atomic E-state index is 9.39. The van der Waals surface area contributed by atoms with E-state index in [1.54, 1.807) is 11.3 Å². The van der Waals surface area contributed by atoms with Crippen LogP contribution in [0.3, 0.4) is 0 Å². The molecule has 0 radical (unpaired) electrons. The normalized spacial score (nSPS) is 23.2. The molecule has 5 heteroatoms. The summed E-state index contributed by atoms with van der Waals surface area (Å²) >= 11 is 1.54. The number of nitrogens with two attached hydrogens (primary N) is 1. The maximum Gasteiger partial charge on any atom is 0.180 e. The molecule has 1 fully saturated rings. The molecular weight excluding hydrogens is 222 g/mol. The first kappa shape index (κ1) is 11.8. The standard InChI is InChI=1S/C11H19N3OS/c12-11-13-6-10(16-11)7-14-5-3-1-2-4-9(14)8-15/h6,9,15H,1-5,7-8H2,(H2,12,13). The Hall–Kier alpha value is -0.650. The minimum atomic E-state index is 0.258. The van der Waals surface area contributed by atoms with Gasteiger partial charge in [-0.2, -0.15) is 0 Å². The van der Waals surface area contributed by atoms with Crippen molar-refractivity contribution in [3.05, 3.63) is 11.1 Å². The van der Waals surface area contributed by atoms with Crippen molar-refractivity contribution in [1.82, 2.24) is 9.88 Å². The topological polar surface area (TPSA) is 62.4 Å². The van der Waals surface area contributed by atoms with E-state index >= 15 is 0 Å². The Labute approximate surface area is 100 Å². The van der Waals surface area contributed by atoms with Gasteiger partial charge in [0.05, 0.1) is 6.61 Å². The average Bonchev–Trinajstić information content (AvgIpc) is 2.56. The lowest BCUT2D eigenvalue weighted by Crippen LogP contribution is -2.36. The molecule has 90 valence electrons. The molecule has 0 amide bonds. The molecule has 4 nitrogen and oxygen atoms in total. The SMILES string of the molecule is Nc1ncc(CN2CCCCCC2CO)s1. The van der Waals surface area contributed by atoms with E-state index in [1.807, 2.05) is 6.20 Å². The molecule has 0 saturated carbocycles. The van der Waals surface area contributed by atoms with Crippen LogP contribution < -0.4 is 5.73 Å². The Kier molecular flexibility index (Phi) is 4.15. The molecule has 0 aliphatic carbocycles. The molecule has 1 saturated heterocycles. The highest BCUT2D eigenvalue weighted by Gasteiger charge is 2.20. The van der Waals surface area contributed by atoms with Gasteiger partial charge in [0, 0.05) is 23.7 Å². The van der Waals surface area contributed by atoms with E-state index in [0.29, 0.717) is 11.2 Å². The molecule has 1 aromatic rings. The van der Waals surface area contributed by atoms with Gasteiger partial charge in [-0.05, 0) is 19.4 Å². The number of anilines is 1. The van der Waals surface area contributed by atoms with Crippen LogP contribution in [0.4, 0.5) is 5.13 Å². The van der Waals surface area contributed by atoms with Gasteiger partial charge in [-0.1, -0.05) is 12.8 Å². The largest absolute Gasteiger partial charge is 0.395 e. The second-order valence-corrected chi connectivity index (χ2v) is 5.47. The van der Waals surface area contributed by atoms with E-state index in [-0.39, 0.29) is 6.61 Å². The van der Waals surface area contributed by atoms with Crippen molar-refractivity contribution in [2.45, 2.75) is 38.3 Å². The van der Waals surface area contributed by atoms with Gasteiger partial charge in [0.15, 0.2) is 5.13 Å². The fraction of sp³-hybridized carbons (Fsp3) is 0.727. The zero-order valence-electron chi connectivity index (χ0n) is 9.43. The van der Waals surface area contributed by atoms with E-state index in [4.69, 9.17) is 5.73 Å². The van der Waals surface area contributed by atoms with Crippen LogP contribution in [0.5, 0.6) is 0 Å². The smallest absolute Gasteiger partial charge is 0.180 e. The van der Waals surface area contributed by atoms with Crippen molar-refractivity contribution in [1.29, 1.82) is 0 Å². The van der Waals surface area contributed by atoms with Crippen LogP contribution in [0.2, 0.25) is 0 Å². The van der Waals surface area contributed by atoms with Gasteiger partial charge in [0.25, 0.3) is 0 Å². The first-order valence-corrected chi connectivity index (χ1v) is 6.66. The number of hydrogen-bond acceptors (Lipinski definition) is 5. The average molecular weight is 241 g/mol. The van der Waals surface area contributed by atoms with Crippen molar-refractivity contribution < 1.29 is 5.11 Å². The maximum atomic E-state index is 9.39. The molecular formula is C11H19N3OS. The Morgan fingerprint density at radius 3 is 3.06 bits per heavy atom. The van der Waals surface area contributed by atoms with Crippen LogP contribution in [0.15, 0.2) is 6.20 Å². The van der Waals surface area contributed by atoms with E-state index < -0.39 is 0 Å². The lowest BCUT2D eigenvalue weighted by atomic mass is 10.1. The van der Waals surface area contributed by atoms with E-state index in [0.717, 1.165) is 19.5 Å². The summed E-state index contributed by atoms with van der Waals surface area (Å²) in [5.41, 5.74) is 5.62. The third-order valence-corrected chi connectivity index (χ3v) is 3.95. The first-order chi connectivity index (χ1) is 7.79. The summed E-state index contributed by atoms with van der Waals surface area (Å²) in [6.07, 6.45) is 6.68. The second kappa shape index (κ2) is 5.61. The Morgan fingerprint density at radius 1 is 1.50 bits per heavy atom. The number of hydrogen-bond donors (Lipinski definition) is 2. The van der Waals surface area contributed by atoms with Crippen molar-refractivity contribution in [2.75, 3.05) is 18.9 Å². The number of aromatic nitrogens is 1. The number of likely N-dealkylation sites (tertiary alicyclic amines) is 1. The quantitative estimate of drug-likeness (QED) is 0.841. The monoisotopic (exact) mass is 241 g/mol. The van der Waals surface area contributed by atoms with Crippen LogP contribution in [0.1, 0.15) is 30.6 Å². The van der Waals surface area contributed by atoms with Crippen molar-refractivity contribution in [3.8, 4) is 0 Å². The molecule has 0 aromatic carbocycles. The molecule has 3 N–H and O–H groups in total. The Balaban J connectivity index is 1.99. The van der Waals surface area contributed by atoms with Gasteiger partial charge >= 0.3 is 0 Å². The third kappa shape index (κ3) is 2.93. The first-order valence-electron chi connectivity index (χ1n) is 5.84. The molecule has 1 atom stereocenters. The summed E-state index contributed by atoms with van der Waals surface area (Å²) in [5.74, 6) is 0. The van der Waals surface area contributed by atoms with Crippen LogP contribution in [-0.2, 0) is 6.54 Å². The Morgan fingerprint density at radius 2 is 2.38 bits per heavy atom. The predicted molar refractivity (Wildman–Crippen MR) is 66.3 cm³/mol. The number of thiazole rings is 1. The fourth-order valence-electron chi connectivity index (χ4n) is 2.25. The number of nitrogens with zero attached hydrogens (tertiary/aromatic N) is 2. The van der Waals surface area contributed by atoms with Crippen LogP contribution >= 0.6 is 11.3 Å². The second-order valence-electron chi connectivity index (χ2n) is 4.32. The molecule has 2 heterocycles. The van der Waals surface area contributed by atoms with Gasteiger partial charge in [0.2, 0.25) is 0 Å². The van der Waals surface area contributed by atoms with E-state index in [1.165, 1.54) is 24.1 Å². The number of nitrogen functional groups attached to an aromatic ring is 1. The van der Waals surface area contributed by atoms with Gasteiger partial charge in [-0.3, -0.25) is 4.90 Å². The molecule has 2 rings (SSSR count). The fourth-order valence-corrected chi connectivity index (χ4v) is 2.96. The van der Waals surface area contributed by atoms with Crippen molar-refractivity contribution in [3.63, 3.8) is 0 Å². The van der Waals surface area contributed by atoms with Crippen LogP contribution in [0.25, 0.3) is 0 Å². The highest BCUT2D eigenvalue weighted by Crippen LogP contribution is 2.22. The molecule has 1 aliphatic heterocycles. The van der Waals surface area contributed by atoms with Crippen LogP contribution in [0, 0.1) is 0 Å². The van der Waals surface area contributed by atoms with Gasteiger partial charge in [0.1, 0.15) is 0 Å². The lowest BCUT2D eigenvalue weighted by Gasteiger charge is -2.27. The zero-order valence-corrected chi connectivity index (χ0v) is 10.2. The molecule has 1 aromatic heterocycles. The van der Waals surface area contributed by atoms with Gasteiger partial charge in [-0.15, -0.1) is 11.3 Å². The zero-order chi connectivity index (χ0) is 11.4. The molecule has 16 heavy (non-hydrogen) atoms. The molecule has 0 bridgehead atoms. The number of rotatable bonds is 3. The van der Waals surface area contributed by atoms with Crippen molar-refractivity contribution in [2.24, 2.45) is 0 Å². The van der Waals surface area contributed by atoms with E-state index in [2.05, 4.69) is 9.88 Å². The van der Waals surface area contributed by atoms with Crippen LogP contribution in [-0.4, -0.2) is 34.2 Å². The third-order valence-electron chi connectivity index (χ3n) is 3.14. The van der Waals surface area contributed by atoms with Gasteiger partial charge in [-0.25, -0.2) is 4.98 Å². The van der Waals surface area contributed by atoms with Gasteiger partial charge < -0.3 is 10.8 Å². The summed E-state index contributed by atoms with van der Waals surface area (Å²) in [5, 5.41) is 10.0. The minimum Gasteiger partial charge on any atom is -0.395 e. The highest BCUT2D eigenvalue weighted by atomic mass is 32.1. The molecule has 0 spiro atoms. The lowest BCUT2D eigenvalue weighted by molar-refractivity contribution is 0.119. The van der Waals surface area contributed by atoms with Crippen molar-refractivity contribution >= 4 is 16.5 Å². The summed E-state index contributed by atoms with van der Waals surface area (Å²) in [6, 6.07) is 0.311. The molecule has 1 aliphatic rings. The predicted octanol–water partition coefficient (Wildman–Crippen LogP) is 1.46. The van der Waals surface area contributed by atoms with E-state index in [9.17, 15) is 5.11 Å². The summed E-state index contributed by atoms with van der Waals surface area (Å²) < 4.78 is 0. The minimum absolute atomic E-state index is 0.258. The molecule has 1 unspecified atom stereocenters. The number of aliphatic hydroxyl groups excluding tert-OH is 1. The number of aliphatic hydroxyl groups is 1. The Bertz CT molecular complexity index is 329. The highest BCUT2D eigenvalue weighted by molar-refractivity contribution is 7.15.